The number of carboxylic acid groups (broad SMARTS) is 1. The molecule has 21 heavy (non-hydrogen) atoms. The molecule has 0 amide bonds. The minimum Gasteiger partial charge on any atom is -0.478 e. The Balaban J connectivity index is 1.99. The minimum atomic E-state index is -0.872. The summed E-state index contributed by atoms with van der Waals surface area (Å²) < 4.78 is 0.910. The van der Waals surface area contributed by atoms with Gasteiger partial charge in [0.15, 0.2) is 0 Å². The van der Waals surface area contributed by atoms with Gasteiger partial charge in [-0.1, -0.05) is 46.3 Å². The monoisotopic (exact) mass is 347 g/mol. The largest absolute Gasteiger partial charge is 0.478 e. The molecule has 0 aliphatic rings. The molecule has 0 spiro atoms. The molecule has 0 saturated heterocycles. The highest BCUT2D eigenvalue weighted by atomic mass is 79.9. The molecule has 1 N–H and O–H groups in total. The van der Waals surface area contributed by atoms with Gasteiger partial charge in [-0.3, -0.25) is 0 Å². The number of carbonyl (C=O) groups is 1. The lowest BCUT2D eigenvalue weighted by atomic mass is 10.0. The summed E-state index contributed by atoms with van der Waals surface area (Å²) in [6, 6.07) is 15.6. The zero-order valence-corrected chi connectivity index (χ0v) is 13.5. The molecule has 3 nitrogen and oxygen atoms in total. The summed E-state index contributed by atoms with van der Waals surface area (Å²) in [6.45, 7) is 1.67. The van der Waals surface area contributed by atoms with Gasteiger partial charge in [-0.25, -0.2) is 4.79 Å². The molecule has 2 aromatic rings. The molecular weight excluding hydrogens is 330 g/mol. The lowest BCUT2D eigenvalue weighted by Crippen LogP contribution is -2.21. The Labute approximate surface area is 133 Å². The normalized spacial score (nSPS) is 10.8. The Morgan fingerprint density at radius 1 is 1.19 bits per heavy atom. The highest BCUT2D eigenvalue weighted by molar-refractivity contribution is 9.10. The molecule has 0 aliphatic heterocycles. The molecule has 0 radical (unpaired) electrons. The summed E-state index contributed by atoms with van der Waals surface area (Å²) in [4.78, 5) is 13.4. The second kappa shape index (κ2) is 7.38. The number of hydrogen-bond donors (Lipinski definition) is 1. The van der Waals surface area contributed by atoms with Gasteiger partial charge >= 0.3 is 5.97 Å². The van der Waals surface area contributed by atoms with Crippen molar-refractivity contribution >= 4 is 21.9 Å². The van der Waals surface area contributed by atoms with E-state index in [1.807, 2.05) is 31.3 Å². The van der Waals surface area contributed by atoms with Gasteiger partial charge in [-0.05, 0) is 42.8 Å². The standard InChI is InChI=1S/C17H18BrNO2/c1-19(12-13-5-3-2-4-6-13)10-9-14-11-15(18)7-8-16(14)17(20)21/h2-8,11H,9-10,12H2,1H3,(H,20,21). The van der Waals surface area contributed by atoms with Crippen molar-refractivity contribution in [2.24, 2.45) is 0 Å². The molecule has 0 saturated carbocycles. The van der Waals surface area contributed by atoms with E-state index in [0.29, 0.717) is 12.0 Å². The topological polar surface area (TPSA) is 40.5 Å². The maximum Gasteiger partial charge on any atom is 0.335 e. The van der Waals surface area contributed by atoms with Gasteiger partial charge in [-0.15, -0.1) is 0 Å². The van der Waals surface area contributed by atoms with Crippen LogP contribution in [-0.4, -0.2) is 29.6 Å². The number of rotatable bonds is 6. The summed E-state index contributed by atoms with van der Waals surface area (Å²) in [5.41, 5.74) is 2.50. The van der Waals surface area contributed by atoms with Gasteiger partial charge in [0.2, 0.25) is 0 Å². The van der Waals surface area contributed by atoms with Crippen LogP contribution >= 0.6 is 15.9 Å². The summed E-state index contributed by atoms with van der Waals surface area (Å²) >= 11 is 3.40. The number of hydrogen-bond acceptors (Lipinski definition) is 2. The summed E-state index contributed by atoms with van der Waals surface area (Å²) in [5, 5.41) is 9.23. The van der Waals surface area contributed by atoms with Gasteiger partial charge in [0.1, 0.15) is 0 Å². The van der Waals surface area contributed by atoms with Crippen LogP contribution in [0.2, 0.25) is 0 Å². The Hall–Kier alpha value is -1.65. The van der Waals surface area contributed by atoms with Crippen LogP contribution in [0.3, 0.4) is 0 Å². The molecule has 0 atom stereocenters. The van der Waals surface area contributed by atoms with Crippen molar-refractivity contribution < 1.29 is 9.90 Å². The molecule has 0 unspecified atom stereocenters. The number of likely N-dealkylation sites (N-methyl/N-ethyl adjacent to an activating group) is 1. The van der Waals surface area contributed by atoms with E-state index < -0.39 is 5.97 Å². The molecule has 0 fully saturated rings. The van der Waals surface area contributed by atoms with E-state index in [0.717, 1.165) is 23.1 Å². The summed E-state index contributed by atoms with van der Waals surface area (Å²) in [5.74, 6) is -0.872. The van der Waals surface area contributed by atoms with Crippen molar-refractivity contribution in [3.05, 3.63) is 69.7 Å². The summed E-state index contributed by atoms with van der Waals surface area (Å²) in [6.07, 6.45) is 0.713. The van der Waals surface area contributed by atoms with E-state index in [1.165, 1.54) is 5.56 Å². The predicted octanol–water partition coefficient (Wildman–Crippen LogP) is 3.82. The van der Waals surface area contributed by atoms with Gasteiger partial charge in [0, 0.05) is 17.6 Å². The van der Waals surface area contributed by atoms with Crippen molar-refractivity contribution in [2.45, 2.75) is 13.0 Å². The zero-order valence-electron chi connectivity index (χ0n) is 11.9. The SMILES string of the molecule is CN(CCc1cc(Br)ccc1C(=O)O)Cc1ccccc1. The van der Waals surface area contributed by atoms with E-state index >= 15 is 0 Å². The average molecular weight is 348 g/mol. The number of benzene rings is 2. The third kappa shape index (κ3) is 4.69. The molecule has 0 heterocycles. The molecule has 0 aromatic heterocycles. The van der Waals surface area contributed by atoms with Crippen LogP contribution in [0.4, 0.5) is 0 Å². The van der Waals surface area contributed by atoms with Crippen LogP contribution in [0, 0.1) is 0 Å². The number of carboxylic acids is 1. The van der Waals surface area contributed by atoms with Crippen LogP contribution in [0.1, 0.15) is 21.5 Å². The fourth-order valence-electron chi connectivity index (χ4n) is 2.26. The van der Waals surface area contributed by atoms with Crippen molar-refractivity contribution in [1.82, 2.24) is 4.90 Å². The zero-order chi connectivity index (χ0) is 15.2. The quantitative estimate of drug-likeness (QED) is 0.863. The first-order valence-electron chi connectivity index (χ1n) is 6.80. The molecule has 2 rings (SSSR count). The van der Waals surface area contributed by atoms with Crippen LogP contribution < -0.4 is 0 Å². The fourth-order valence-corrected chi connectivity index (χ4v) is 2.67. The van der Waals surface area contributed by atoms with Gasteiger partial charge in [0.25, 0.3) is 0 Å². The Kier molecular flexibility index (Phi) is 5.53. The van der Waals surface area contributed by atoms with Crippen LogP contribution in [-0.2, 0) is 13.0 Å². The Morgan fingerprint density at radius 2 is 1.90 bits per heavy atom. The highest BCUT2D eigenvalue weighted by Gasteiger charge is 2.11. The van der Waals surface area contributed by atoms with E-state index in [1.54, 1.807) is 12.1 Å². The third-order valence-electron chi connectivity index (χ3n) is 3.36. The van der Waals surface area contributed by atoms with Crippen molar-refractivity contribution in [1.29, 1.82) is 0 Å². The first-order chi connectivity index (χ1) is 10.1. The molecular formula is C17H18BrNO2. The van der Waals surface area contributed by atoms with E-state index in [4.69, 9.17) is 0 Å². The van der Waals surface area contributed by atoms with Crippen LogP contribution in [0.25, 0.3) is 0 Å². The Morgan fingerprint density at radius 3 is 2.57 bits per heavy atom. The molecule has 4 heteroatoms. The first-order valence-corrected chi connectivity index (χ1v) is 7.60. The van der Waals surface area contributed by atoms with Crippen molar-refractivity contribution in [2.75, 3.05) is 13.6 Å². The summed E-state index contributed by atoms with van der Waals surface area (Å²) in [7, 11) is 2.05. The predicted molar refractivity (Wildman–Crippen MR) is 87.6 cm³/mol. The van der Waals surface area contributed by atoms with Crippen LogP contribution in [0.5, 0.6) is 0 Å². The molecule has 0 bridgehead atoms. The number of nitrogens with zero attached hydrogens (tertiary/aromatic N) is 1. The minimum absolute atomic E-state index is 0.381. The number of aromatic carboxylic acids is 1. The van der Waals surface area contributed by atoms with Gasteiger partial charge < -0.3 is 10.0 Å². The first kappa shape index (κ1) is 15.7. The lowest BCUT2D eigenvalue weighted by molar-refractivity contribution is 0.0695. The van der Waals surface area contributed by atoms with Gasteiger partial charge in [0.05, 0.1) is 5.56 Å². The second-order valence-electron chi connectivity index (χ2n) is 5.08. The lowest BCUT2D eigenvalue weighted by Gasteiger charge is -2.17. The molecule has 0 aliphatic carbocycles. The van der Waals surface area contributed by atoms with E-state index in [-0.39, 0.29) is 0 Å². The maximum absolute atomic E-state index is 11.2. The average Bonchev–Trinajstić information content (AvgIpc) is 2.46. The van der Waals surface area contributed by atoms with Crippen LogP contribution in [0.15, 0.2) is 53.0 Å². The van der Waals surface area contributed by atoms with Crippen molar-refractivity contribution in [3.8, 4) is 0 Å². The maximum atomic E-state index is 11.2. The third-order valence-corrected chi connectivity index (χ3v) is 3.85. The van der Waals surface area contributed by atoms with E-state index in [2.05, 4.69) is 33.0 Å². The number of halogens is 1. The fraction of sp³-hybridized carbons (Fsp3) is 0.235. The molecule has 110 valence electrons. The smallest absolute Gasteiger partial charge is 0.335 e. The Bertz CT molecular complexity index is 613. The molecule has 2 aromatic carbocycles. The second-order valence-corrected chi connectivity index (χ2v) is 6.00. The van der Waals surface area contributed by atoms with Gasteiger partial charge in [-0.2, -0.15) is 0 Å². The van der Waals surface area contributed by atoms with Crippen molar-refractivity contribution in [3.63, 3.8) is 0 Å². The highest BCUT2D eigenvalue weighted by Crippen LogP contribution is 2.18. The van der Waals surface area contributed by atoms with E-state index in [9.17, 15) is 9.90 Å².